The Kier molecular flexibility index (Phi) is 10.0. The third-order valence-corrected chi connectivity index (χ3v) is 5.69. The molecule has 0 bridgehead atoms. The van der Waals surface area contributed by atoms with Gasteiger partial charge in [0.15, 0.2) is 0 Å². The number of likely N-dealkylation sites (N-methyl/N-ethyl adjacent to an activating group) is 1. The highest BCUT2D eigenvalue weighted by molar-refractivity contribution is 5.87. The Hall–Kier alpha value is -2.21. The van der Waals surface area contributed by atoms with Gasteiger partial charge in [-0.05, 0) is 37.5 Å². The molecule has 0 aliphatic carbocycles. The molecule has 2 rings (SSSR count). The number of hydrogen-bond donors (Lipinski definition) is 0. The van der Waals surface area contributed by atoms with Crippen molar-refractivity contribution in [2.24, 2.45) is 0 Å². The number of esters is 1. The van der Waals surface area contributed by atoms with E-state index in [2.05, 4.69) is 7.05 Å². The SMILES string of the molecule is CC(=O)OCCCCCCC/C=C/C(=O)N1CC[N+](C)(Cc2ccc(F)cc2)CC1. The van der Waals surface area contributed by atoms with Crippen molar-refractivity contribution in [2.75, 3.05) is 39.8 Å². The lowest BCUT2D eigenvalue weighted by atomic mass is 10.1. The molecule has 0 radical (unpaired) electrons. The predicted molar refractivity (Wildman–Crippen MR) is 116 cm³/mol. The molecular weight excluding hydrogens is 383 g/mol. The van der Waals surface area contributed by atoms with Gasteiger partial charge in [-0.15, -0.1) is 0 Å². The van der Waals surface area contributed by atoms with E-state index in [1.807, 2.05) is 23.1 Å². The van der Waals surface area contributed by atoms with Crippen LogP contribution in [0.5, 0.6) is 0 Å². The first kappa shape index (κ1) is 24.1. The van der Waals surface area contributed by atoms with Gasteiger partial charge in [0.2, 0.25) is 5.91 Å². The highest BCUT2D eigenvalue weighted by Gasteiger charge is 2.30. The van der Waals surface area contributed by atoms with E-state index < -0.39 is 0 Å². The normalized spacial score (nSPS) is 16.0. The molecule has 0 unspecified atom stereocenters. The lowest BCUT2D eigenvalue weighted by molar-refractivity contribution is -0.926. The minimum absolute atomic E-state index is 0.101. The molecule has 1 fully saturated rings. The summed E-state index contributed by atoms with van der Waals surface area (Å²) in [6.07, 6.45) is 9.94. The number of ether oxygens (including phenoxy) is 1. The first-order valence-corrected chi connectivity index (χ1v) is 11.0. The zero-order valence-electron chi connectivity index (χ0n) is 18.4. The summed E-state index contributed by atoms with van der Waals surface area (Å²) in [7, 11) is 2.20. The zero-order valence-corrected chi connectivity index (χ0v) is 18.4. The molecule has 1 aromatic carbocycles. The predicted octanol–water partition coefficient (Wildman–Crippen LogP) is 4.07. The standard InChI is InChI=1S/C24H36FN2O3/c1-21(28)30-19-9-7-5-3-4-6-8-10-24(29)26-15-17-27(2,18-16-26)20-22-11-13-23(25)14-12-22/h8,10-14H,3-7,9,15-20H2,1-2H3/q+1/b10-8+. The molecule has 0 spiro atoms. The molecule has 0 atom stereocenters. The quantitative estimate of drug-likeness (QED) is 0.235. The average molecular weight is 420 g/mol. The maximum atomic E-state index is 13.1. The fraction of sp³-hybridized carbons (Fsp3) is 0.583. The largest absolute Gasteiger partial charge is 0.466 e. The van der Waals surface area contributed by atoms with Gasteiger partial charge in [0.05, 0.1) is 39.8 Å². The number of piperazine rings is 1. The molecular formula is C24H36FN2O3+. The van der Waals surface area contributed by atoms with Crippen LogP contribution in [0.1, 0.15) is 51.0 Å². The molecule has 0 aromatic heterocycles. The van der Waals surface area contributed by atoms with Crippen molar-refractivity contribution in [3.05, 3.63) is 47.8 Å². The first-order chi connectivity index (χ1) is 14.4. The second-order valence-corrected chi connectivity index (χ2v) is 8.48. The number of hydrogen-bond acceptors (Lipinski definition) is 3. The van der Waals surface area contributed by atoms with Crippen LogP contribution in [0.2, 0.25) is 0 Å². The van der Waals surface area contributed by atoms with Crippen molar-refractivity contribution in [2.45, 2.75) is 52.0 Å². The van der Waals surface area contributed by atoms with Gasteiger partial charge in [-0.1, -0.05) is 37.5 Å². The summed E-state index contributed by atoms with van der Waals surface area (Å²) in [4.78, 5) is 25.0. The van der Waals surface area contributed by atoms with Crippen molar-refractivity contribution >= 4 is 11.9 Å². The molecule has 1 aromatic rings. The Morgan fingerprint density at radius 2 is 1.70 bits per heavy atom. The molecule has 6 heteroatoms. The van der Waals surface area contributed by atoms with Crippen LogP contribution in [-0.4, -0.2) is 61.1 Å². The average Bonchev–Trinajstić information content (AvgIpc) is 2.71. The maximum absolute atomic E-state index is 13.1. The molecule has 1 aliphatic heterocycles. The van der Waals surface area contributed by atoms with E-state index in [-0.39, 0.29) is 17.7 Å². The summed E-state index contributed by atoms with van der Waals surface area (Å²) in [6, 6.07) is 6.71. The van der Waals surface area contributed by atoms with E-state index in [1.54, 1.807) is 6.08 Å². The molecule has 1 amide bonds. The molecule has 1 saturated heterocycles. The van der Waals surface area contributed by atoms with Crippen molar-refractivity contribution in [3.8, 4) is 0 Å². The van der Waals surface area contributed by atoms with Crippen molar-refractivity contribution in [1.82, 2.24) is 4.90 Å². The van der Waals surface area contributed by atoms with Crippen LogP contribution in [-0.2, 0) is 20.9 Å². The van der Waals surface area contributed by atoms with E-state index in [0.717, 1.165) is 81.3 Å². The highest BCUT2D eigenvalue weighted by atomic mass is 19.1. The van der Waals surface area contributed by atoms with E-state index >= 15 is 0 Å². The summed E-state index contributed by atoms with van der Waals surface area (Å²) < 4.78 is 18.9. The summed E-state index contributed by atoms with van der Waals surface area (Å²) in [5.41, 5.74) is 1.13. The van der Waals surface area contributed by atoms with Gasteiger partial charge in [0.1, 0.15) is 12.4 Å². The molecule has 166 valence electrons. The Morgan fingerprint density at radius 3 is 2.37 bits per heavy atom. The topological polar surface area (TPSA) is 46.6 Å². The van der Waals surface area contributed by atoms with E-state index in [9.17, 15) is 14.0 Å². The maximum Gasteiger partial charge on any atom is 0.302 e. The van der Waals surface area contributed by atoms with Gasteiger partial charge in [-0.2, -0.15) is 0 Å². The number of carbonyl (C=O) groups is 2. The minimum atomic E-state index is -0.213. The van der Waals surface area contributed by atoms with Crippen molar-refractivity contribution < 1.29 is 23.2 Å². The Bertz CT molecular complexity index is 695. The second kappa shape index (κ2) is 12.5. The molecule has 5 nitrogen and oxygen atoms in total. The summed E-state index contributed by atoms with van der Waals surface area (Å²) in [6.45, 7) is 6.13. The number of benzene rings is 1. The molecule has 1 heterocycles. The van der Waals surface area contributed by atoms with Crippen molar-refractivity contribution in [1.29, 1.82) is 0 Å². The highest BCUT2D eigenvalue weighted by Crippen LogP contribution is 2.17. The monoisotopic (exact) mass is 419 g/mol. The third-order valence-electron chi connectivity index (χ3n) is 5.69. The minimum Gasteiger partial charge on any atom is -0.466 e. The van der Waals surface area contributed by atoms with E-state index in [0.29, 0.717) is 6.61 Å². The molecule has 0 N–H and O–H groups in total. The van der Waals surface area contributed by atoms with Crippen LogP contribution >= 0.6 is 0 Å². The van der Waals surface area contributed by atoms with E-state index in [1.165, 1.54) is 19.1 Å². The van der Waals surface area contributed by atoms with Crippen LogP contribution in [0.4, 0.5) is 4.39 Å². The zero-order chi connectivity index (χ0) is 21.8. The second-order valence-electron chi connectivity index (χ2n) is 8.48. The van der Waals surface area contributed by atoms with Gasteiger partial charge < -0.3 is 14.1 Å². The molecule has 30 heavy (non-hydrogen) atoms. The third kappa shape index (κ3) is 9.08. The smallest absolute Gasteiger partial charge is 0.302 e. The van der Waals surface area contributed by atoms with Gasteiger partial charge >= 0.3 is 5.97 Å². The summed E-state index contributed by atoms with van der Waals surface area (Å²) >= 11 is 0. The van der Waals surface area contributed by atoms with Gasteiger partial charge in [0.25, 0.3) is 0 Å². The number of unbranched alkanes of at least 4 members (excludes halogenated alkanes) is 5. The van der Waals surface area contributed by atoms with Crippen LogP contribution < -0.4 is 0 Å². The first-order valence-electron chi connectivity index (χ1n) is 11.0. The van der Waals surface area contributed by atoms with Crippen LogP contribution in [0.25, 0.3) is 0 Å². The van der Waals surface area contributed by atoms with Crippen LogP contribution in [0.15, 0.2) is 36.4 Å². The number of nitrogens with zero attached hydrogens (tertiary/aromatic N) is 2. The Labute approximate surface area is 180 Å². The number of allylic oxidation sites excluding steroid dienone is 1. The van der Waals surface area contributed by atoms with Gasteiger partial charge in [-0.3, -0.25) is 9.59 Å². The number of amides is 1. The van der Waals surface area contributed by atoms with E-state index in [4.69, 9.17) is 4.74 Å². The number of rotatable bonds is 11. The summed E-state index contributed by atoms with van der Waals surface area (Å²) in [5, 5.41) is 0. The number of carbonyl (C=O) groups excluding carboxylic acids is 2. The van der Waals surface area contributed by atoms with Crippen molar-refractivity contribution in [3.63, 3.8) is 0 Å². The van der Waals surface area contributed by atoms with Gasteiger partial charge in [-0.25, -0.2) is 4.39 Å². The fourth-order valence-corrected chi connectivity index (χ4v) is 3.76. The lowest BCUT2D eigenvalue weighted by Gasteiger charge is -2.41. The Balaban J connectivity index is 1.58. The number of quaternary nitrogens is 1. The van der Waals surface area contributed by atoms with Crippen LogP contribution in [0, 0.1) is 5.82 Å². The Morgan fingerprint density at radius 1 is 1.07 bits per heavy atom. The molecule has 0 saturated carbocycles. The lowest BCUT2D eigenvalue weighted by Crippen LogP contribution is -2.57. The number of halogens is 1. The molecule has 1 aliphatic rings. The summed E-state index contributed by atoms with van der Waals surface area (Å²) in [5.74, 6) is -0.317. The van der Waals surface area contributed by atoms with Gasteiger partial charge in [0, 0.05) is 12.5 Å². The fourth-order valence-electron chi connectivity index (χ4n) is 3.76. The van der Waals surface area contributed by atoms with Crippen LogP contribution in [0.3, 0.4) is 0 Å².